The number of nitrogens with one attached hydrogen (secondary N) is 1. The van der Waals surface area contributed by atoms with Crippen LogP contribution in [-0.2, 0) is 16.0 Å². The van der Waals surface area contributed by atoms with Crippen molar-refractivity contribution in [3.8, 4) is 0 Å². The highest BCUT2D eigenvalue weighted by atomic mass is 19.1. The maximum Gasteiger partial charge on any atom is 0.223 e. The molecule has 0 saturated carbocycles. The Balaban J connectivity index is 2.21. The number of carbonyl (C=O) groups is 2. The van der Waals surface area contributed by atoms with Crippen LogP contribution in [0.3, 0.4) is 0 Å². The summed E-state index contributed by atoms with van der Waals surface area (Å²) in [7, 11) is 0. The van der Waals surface area contributed by atoms with Gasteiger partial charge in [0.1, 0.15) is 5.82 Å². The normalized spacial score (nSPS) is 13.1. The third kappa shape index (κ3) is 4.91. The first kappa shape index (κ1) is 17.7. The molecule has 0 aromatic heterocycles. The van der Waals surface area contributed by atoms with Crippen molar-refractivity contribution in [1.82, 2.24) is 5.32 Å². The first-order valence-corrected chi connectivity index (χ1v) is 7.84. The Morgan fingerprint density at radius 2 is 1.71 bits per heavy atom. The van der Waals surface area contributed by atoms with Gasteiger partial charge in [-0.15, -0.1) is 0 Å². The van der Waals surface area contributed by atoms with E-state index < -0.39 is 17.9 Å². The smallest absolute Gasteiger partial charge is 0.223 e. The van der Waals surface area contributed by atoms with E-state index in [-0.39, 0.29) is 18.1 Å². The van der Waals surface area contributed by atoms with Crippen molar-refractivity contribution >= 4 is 11.8 Å². The quantitative estimate of drug-likeness (QED) is 0.820. The zero-order valence-electron chi connectivity index (χ0n) is 13.5. The molecule has 0 aliphatic rings. The summed E-state index contributed by atoms with van der Waals surface area (Å²) < 4.78 is 14.2. The summed E-state index contributed by atoms with van der Waals surface area (Å²) in [6, 6.07) is 15.4. The molecule has 0 aliphatic carbocycles. The van der Waals surface area contributed by atoms with Gasteiger partial charge in [-0.3, -0.25) is 9.59 Å². The Bertz CT molecular complexity index is 704. The van der Waals surface area contributed by atoms with Crippen LogP contribution in [-0.4, -0.2) is 11.8 Å². The second-order valence-corrected chi connectivity index (χ2v) is 5.84. The second kappa shape index (κ2) is 8.24. The average Bonchev–Trinajstić information content (AvgIpc) is 2.55. The fraction of sp³-hybridized carbons (Fsp3) is 0.263. The Morgan fingerprint density at radius 1 is 1.08 bits per heavy atom. The van der Waals surface area contributed by atoms with Crippen LogP contribution < -0.4 is 11.1 Å². The second-order valence-electron chi connectivity index (χ2n) is 5.84. The lowest BCUT2D eigenvalue weighted by atomic mass is 9.97. The van der Waals surface area contributed by atoms with E-state index in [1.807, 2.05) is 30.3 Å². The summed E-state index contributed by atoms with van der Waals surface area (Å²) in [6.45, 7) is 1.63. The van der Waals surface area contributed by atoms with E-state index in [2.05, 4.69) is 5.32 Å². The fourth-order valence-corrected chi connectivity index (χ4v) is 2.55. The third-order valence-electron chi connectivity index (χ3n) is 3.83. The van der Waals surface area contributed by atoms with Crippen molar-refractivity contribution in [2.75, 3.05) is 0 Å². The van der Waals surface area contributed by atoms with Gasteiger partial charge in [0.25, 0.3) is 0 Å². The van der Waals surface area contributed by atoms with Crippen molar-refractivity contribution in [2.45, 2.75) is 25.8 Å². The molecule has 0 aliphatic heterocycles. The first-order valence-electron chi connectivity index (χ1n) is 7.84. The van der Waals surface area contributed by atoms with Crippen molar-refractivity contribution in [3.05, 3.63) is 71.5 Å². The fourth-order valence-electron chi connectivity index (χ4n) is 2.55. The highest BCUT2D eigenvalue weighted by Crippen LogP contribution is 2.22. The van der Waals surface area contributed by atoms with Gasteiger partial charge in [0.15, 0.2) is 0 Å². The summed E-state index contributed by atoms with van der Waals surface area (Å²) in [5.41, 5.74) is 6.54. The number of halogens is 1. The number of rotatable bonds is 7. The summed E-state index contributed by atoms with van der Waals surface area (Å²) in [6.07, 6.45) is 0.415. The van der Waals surface area contributed by atoms with E-state index in [1.165, 1.54) is 6.07 Å². The highest BCUT2D eigenvalue weighted by molar-refractivity contribution is 5.85. The minimum atomic E-state index is -0.562. The van der Waals surface area contributed by atoms with Crippen molar-refractivity contribution in [2.24, 2.45) is 11.7 Å². The molecule has 4 nitrogen and oxygen atoms in total. The molecule has 2 atom stereocenters. The molecule has 2 rings (SSSR count). The van der Waals surface area contributed by atoms with E-state index in [9.17, 15) is 14.0 Å². The molecule has 0 bridgehead atoms. The molecule has 3 N–H and O–H groups in total. The molecule has 126 valence electrons. The lowest BCUT2D eigenvalue weighted by Gasteiger charge is -2.22. The number of hydrogen-bond donors (Lipinski definition) is 2. The van der Waals surface area contributed by atoms with Crippen LogP contribution in [0.5, 0.6) is 0 Å². The largest absolute Gasteiger partial charge is 0.370 e. The molecule has 0 saturated heterocycles. The summed E-state index contributed by atoms with van der Waals surface area (Å²) in [4.78, 5) is 23.3. The van der Waals surface area contributed by atoms with Crippen molar-refractivity contribution < 1.29 is 14.0 Å². The van der Waals surface area contributed by atoms with Crippen LogP contribution in [0.1, 0.15) is 30.5 Å². The van der Waals surface area contributed by atoms with Crippen LogP contribution in [0.4, 0.5) is 4.39 Å². The Hall–Kier alpha value is -2.69. The molecule has 0 heterocycles. The van der Waals surface area contributed by atoms with Gasteiger partial charge in [0.2, 0.25) is 11.8 Å². The van der Waals surface area contributed by atoms with E-state index in [0.29, 0.717) is 12.0 Å². The number of carbonyl (C=O) groups excluding carboxylic acids is 2. The predicted molar refractivity (Wildman–Crippen MR) is 90.4 cm³/mol. The maximum atomic E-state index is 14.2. The third-order valence-corrected chi connectivity index (χ3v) is 3.83. The average molecular weight is 328 g/mol. The van der Waals surface area contributed by atoms with E-state index >= 15 is 0 Å². The number of nitrogens with two attached hydrogens (primary N) is 1. The number of hydrogen-bond acceptors (Lipinski definition) is 2. The molecule has 2 aromatic carbocycles. The molecule has 0 unspecified atom stereocenters. The van der Waals surface area contributed by atoms with Crippen molar-refractivity contribution in [1.29, 1.82) is 0 Å². The lowest BCUT2D eigenvalue weighted by molar-refractivity contribution is -0.129. The van der Waals surface area contributed by atoms with E-state index in [1.54, 1.807) is 25.1 Å². The van der Waals surface area contributed by atoms with Gasteiger partial charge < -0.3 is 11.1 Å². The minimum absolute atomic E-state index is 0.0405. The van der Waals surface area contributed by atoms with Gasteiger partial charge in [-0.1, -0.05) is 55.5 Å². The SMILES string of the molecule is C[C@@H](CC(N)=O)C(=O)N[C@@H](Cc1ccccc1)c1ccccc1F. The monoisotopic (exact) mass is 328 g/mol. The van der Waals surface area contributed by atoms with E-state index in [0.717, 1.165) is 5.56 Å². The minimum Gasteiger partial charge on any atom is -0.370 e. The summed E-state index contributed by atoms with van der Waals surface area (Å²) in [5, 5.41) is 2.84. The first-order chi connectivity index (χ1) is 11.5. The van der Waals surface area contributed by atoms with Crippen molar-refractivity contribution in [3.63, 3.8) is 0 Å². The van der Waals surface area contributed by atoms with Crippen LogP contribution in [0.2, 0.25) is 0 Å². The molecular weight excluding hydrogens is 307 g/mol. The van der Waals surface area contributed by atoms with E-state index in [4.69, 9.17) is 5.73 Å². The zero-order valence-corrected chi connectivity index (χ0v) is 13.5. The highest BCUT2D eigenvalue weighted by Gasteiger charge is 2.22. The zero-order chi connectivity index (χ0) is 17.5. The topological polar surface area (TPSA) is 72.2 Å². The van der Waals surface area contributed by atoms with Crippen LogP contribution >= 0.6 is 0 Å². The number of amides is 2. The molecule has 0 spiro atoms. The molecule has 5 heteroatoms. The summed E-state index contributed by atoms with van der Waals surface area (Å²) >= 11 is 0. The van der Waals surface area contributed by atoms with Gasteiger partial charge in [-0.05, 0) is 18.1 Å². The van der Waals surface area contributed by atoms with Gasteiger partial charge in [-0.2, -0.15) is 0 Å². The molecule has 24 heavy (non-hydrogen) atoms. The molecular formula is C19H21FN2O2. The lowest BCUT2D eigenvalue weighted by Crippen LogP contribution is -2.36. The van der Waals surface area contributed by atoms with Crippen LogP contribution in [0.15, 0.2) is 54.6 Å². The standard InChI is InChI=1S/C19H21FN2O2/c1-13(11-18(21)23)19(24)22-17(12-14-7-3-2-4-8-14)15-9-5-6-10-16(15)20/h2-10,13,17H,11-12H2,1H3,(H2,21,23)(H,22,24)/t13-,17-/m0/s1. The Kier molecular flexibility index (Phi) is 6.07. The maximum absolute atomic E-state index is 14.2. The Morgan fingerprint density at radius 3 is 2.33 bits per heavy atom. The summed E-state index contributed by atoms with van der Waals surface area (Å²) in [5.74, 6) is -1.80. The predicted octanol–water partition coefficient (Wildman–Crippen LogP) is 2.74. The number of primary amides is 1. The van der Waals surface area contributed by atoms with Crippen LogP contribution in [0.25, 0.3) is 0 Å². The van der Waals surface area contributed by atoms with Gasteiger partial charge >= 0.3 is 0 Å². The molecule has 2 amide bonds. The van der Waals surface area contributed by atoms with Gasteiger partial charge in [-0.25, -0.2) is 4.39 Å². The van der Waals surface area contributed by atoms with Gasteiger partial charge in [0.05, 0.1) is 6.04 Å². The van der Waals surface area contributed by atoms with Gasteiger partial charge in [0, 0.05) is 17.9 Å². The molecule has 2 aromatic rings. The van der Waals surface area contributed by atoms with Crippen LogP contribution in [0, 0.1) is 11.7 Å². The molecule has 0 radical (unpaired) electrons. The number of benzene rings is 2. The molecule has 0 fully saturated rings. The Labute approximate surface area is 140 Å².